The van der Waals surface area contributed by atoms with Crippen LogP contribution >= 0.6 is 0 Å². The van der Waals surface area contributed by atoms with Gasteiger partial charge < -0.3 is 14.8 Å². The largest absolute Gasteiger partial charge is 0.375 e. The van der Waals surface area contributed by atoms with Crippen molar-refractivity contribution in [3.8, 4) is 0 Å². The Morgan fingerprint density at radius 1 is 1.53 bits per heavy atom. The number of ether oxygens (including phenoxy) is 2. The Labute approximate surface area is 102 Å². The van der Waals surface area contributed by atoms with Crippen LogP contribution in [0.2, 0.25) is 0 Å². The summed E-state index contributed by atoms with van der Waals surface area (Å²) in [4.78, 5) is 0. The molecular weight excluding hydrogens is 228 g/mol. The SMILES string of the molecule is CCC1(C)CC(NCCOCC(F)F)CCO1. The van der Waals surface area contributed by atoms with Crippen LogP contribution in [0.4, 0.5) is 8.78 Å². The minimum atomic E-state index is -2.37. The molecule has 0 aromatic carbocycles. The van der Waals surface area contributed by atoms with E-state index in [1.54, 1.807) is 0 Å². The van der Waals surface area contributed by atoms with Gasteiger partial charge in [0, 0.05) is 19.2 Å². The first-order valence-electron chi connectivity index (χ1n) is 6.29. The van der Waals surface area contributed by atoms with Gasteiger partial charge in [-0.15, -0.1) is 0 Å². The van der Waals surface area contributed by atoms with Crippen LogP contribution in [-0.2, 0) is 9.47 Å². The van der Waals surface area contributed by atoms with Gasteiger partial charge in [-0.05, 0) is 26.2 Å². The molecule has 1 N–H and O–H groups in total. The van der Waals surface area contributed by atoms with Gasteiger partial charge in [0.1, 0.15) is 6.61 Å². The van der Waals surface area contributed by atoms with Crippen LogP contribution in [-0.4, -0.2) is 44.4 Å². The van der Waals surface area contributed by atoms with Crippen molar-refractivity contribution in [2.24, 2.45) is 0 Å². The number of rotatable bonds is 7. The van der Waals surface area contributed by atoms with Crippen LogP contribution in [0.1, 0.15) is 33.1 Å². The van der Waals surface area contributed by atoms with E-state index in [0.717, 1.165) is 25.9 Å². The second kappa shape index (κ2) is 7.24. The van der Waals surface area contributed by atoms with Crippen LogP contribution in [0, 0.1) is 0 Å². The molecule has 0 aromatic heterocycles. The summed E-state index contributed by atoms with van der Waals surface area (Å²) in [6.07, 6.45) is 0.567. The summed E-state index contributed by atoms with van der Waals surface area (Å²) < 4.78 is 34.2. The molecule has 0 aromatic rings. The maximum atomic E-state index is 11.8. The molecule has 2 unspecified atom stereocenters. The van der Waals surface area contributed by atoms with Crippen LogP contribution in [0.15, 0.2) is 0 Å². The van der Waals surface area contributed by atoms with Gasteiger partial charge in [-0.3, -0.25) is 0 Å². The van der Waals surface area contributed by atoms with E-state index in [4.69, 9.17) is 9.47 Å². The van der Waals surface area contributed by atoms with Gasteiger partial charge in [0.15, 0.2) is 0 Å². The Morgan fingerprint density at radius 2 is 2.29 bits per heavy atom. The lowest BCUT2D eigenvalue weighted by molar-refractivity contribution is -0.0786. The molecule has 0 spiro atoms. The van der Waals surface area contributed by atoms with Crippen LogP contribution < -0.4 is 5.32 Å². The Kier molecular flexibility index (Phi) is 6.30. The molecule has 0 aliphatic carbocycles. The van der Waals surface area contributed by atoms with Crippen LogP contribution in [0.25, 0.3) is 0 Å². The fourth-order valence-electron chi connectivity index (χ4n) is 2.06. The zero-order chi connectivity index (χ0) is 12.7. The number of hydrogen-bond donors (Lipinski definition) is 1. The van der Waals surface area contributed by atoms with E-state index in [-0.39, 0.29) is 5.60 Å². The molecular formula is C12H23F2NO2. The van der Waals surface area contributed by atoms with E-state index in [1.165, 1.54) is 0 Å². The first-order valence-corrected chi connectivity index (χ1v) is 6.29. The second-order valence-electron chi connectivity index (χ2n) is 4.76. The van der Waals surface area contributed by atoms with Crippen molar-refractivity contribution >= 4 is 0 Å². The van der Waals surface area contributed by atoms with Crippen molar-refractivity contribution in [2.45, 2.75) is 51.2 Å². The molecule has 0 amide bonds. The van der Waals surface area contributed by atoms with E-state index >= 15 is 0 Å². The molecule has 1 saturated heterocycles. The molecule has 0 saturated carbocycles. The third-order valence-corrected chi connectivity index (χ3v) is 3.27. The second-order valence-corrected chi connectivity index (χ2v) is 4.76. The fourth-order valence-corrected chi connectivity index (χ4v) is 2.06. The third kappa shape index (κ3) is 5.75. The summed E-state index contributed by atoms with van der Waals surface area (Å²) in [7, 11) is 0. The highest BCUT2D eigenvalue weighted by Crippen LogP contribution is 2.27. The predicted octanol–water partition coefficient (Wildman–Crippen LogP) is 2.21. The summed E-state index contributed by atoms with van der Waals surface area (Å²) in [6.45, 7) is 5.49. The Morgan fingerprint density at radius 3 is 2.94 bits per heavy atom. The average molecular weight is 251 g/mol. The lowest BCUT2D eigenvalue weighted by Gasteiger charge is -2.38. The topological polar surface area (TPSA) is 30.5 Å². The highest BCUT2D eigenvalue weighted by molar-refractivity contribution is 4.85. The smallest absolute Gasteiger partial charge is 0.261 e. The minimum absolute atomic E-state index is 0.0419. The monoisotopic (exact) mass is 251 g/mol. The van der Waals surface area contributed by atoms with Crippen molar-refractivity contribution in [1.29, 1.82) is 0 Å². The number of halogens is 2. The van der Waals surface area contributed by atoms with Crippen molar-refractivity contribution in [3.05, 3.63) is 0 Å². The highest BCUT2D eigenvalue weighted by Gasteiger charge is 2.31. The van der Waals surface area contributed by atoms with Gasteiger partial charge in [0.2, 0.25) is 0 Å². The summed E-state index contributed by atoms with van der Waals surface area (Å²) in [5.74, 6) is 0. The lowest BCUT2D eigenvalue weighted by Crippen LogP contribution is -2.45. The molecule has 1 rings (SSSR count). The number of alkyl halides is 2. The molecule has 17 heavy (non-hydrogen) atoms. The zero-order valence-electron chi connectivity index (χ0n) is 10.7. The molecule has 0 bridgehead atoms. The molecule has 102 valence electrons. The minimum Gasteiger partial charge on any atom is -0.375 e. The van der Waals surface area contributed by atoms with Gasteiger partial charge in [-0.25, -0.2) is 8.78 Å². The van der Waals surface area contributed by atoms with Crippen LogP contribution in [0.5, 0.6) is 0 Å². The molecule has 1 aliphatic heterocycles. The van der Waals surface area contributed by atoms with E-state index in [2.05, 4.69) is 19.2 Å². The summed E-state index contributed by atoms with van der Waals surface area (Å²) in [5.41, 5.74) is -0.0419. The van der Waals surface area contributed by atoms with E-state index in [0.29, 0.717) is 19.2 Å². The Hall–Kier alpha value is -0.260. The average Bonchev–Trinajstić information content (AvgIpc) is 2.28. The third-order valence-electron chi connectivity index (χ3n) is 3.27. The standard InChI is InChI=1S/C12H23F2NO2/c1-3-12(2)8-10(4-6-17-12)15-5-7-16-9-11(13)14/h10-11,15H,3-9H2,1-2H3. The highest BCUT2D eigenvalue weighted by atomic mass is 19.3. The molecule has 0 radical (unpaired) electrons. The molecule has 1 fully saturated rings. The van der Waals surface area contributed by atoms with Crippen molar-refractivity contribution < 1.29 is 18.3 Å². The van der Waals surface area contributed by atoms with Crippen molar-refractivity contribution in [1.82, 2.24) is 5.32 Å². The summed E-state index contributed by atoms with van der Waals surface area (Å²) in [6, 6.07) is 0.406. The lowest BCUT2D eigenvalue weighted by atomic mass is 9.90. The van der Waals surface area contributed by atoms with Crippen molar-refractivity contribution in [3.63, 3.8) is 0 Å². The Bertz CT molecular complexity index is 217. The zero-order valence-corrected chi connectivity index (χ0v) is 10.7. The van der Waals surface area contributed by atoms with Gasteiger partial charge >= 0.3 is 0 Å². The number of nitrogens with one attached hydrogen (secondary N) is 1. The normalized spacial score (nSPS) is 29.8. The maximum absolute atomic E-state index is 11.8. The first kappa shape index (κ1) is 14.8. The molecule has 5 heteroatoms. The van der Waals surface area contributed by atoms with E-state index in [1.807, 2.05) is 0 Å². The molecule has 2 atom stereocenters. The first-order chi connectivity index (χ1) is 8.06. The fraction of sp³-hybridized carbons (Fsp3) is 1.00. The molecule has 1 heterocycles. The van der Waals surface area contributed by atoms with Gasteiger partial charge in [-0.1, -0.05) is 6.92 Å². The molecule has 3 nitrogen and oxygen atoms in total. The quantitative estimate of drug-likeness (QED) is 0.704. The van der Waals surface area contributed by atoms with Gasteiger partial charge in [0.25, 0.3) is 6.43 Å². The number of hydrogen-bond acceptors (Lipinski definition) is 3. The molecule has 1 aliphatic rings. The Balaban J connectivity index is 2.11. The summed E-state index contributed by atoms with van der Waals surface area (Å²) in [5, 5.41) is 3.33. The van der Waals surface area contributed by atoms with E-state index < -0.39 is 13.0 Å². The summed E-state index contributed by atoms with van der Waals surface area (Å²) >= 11 is 0. The van der Waals surface area contributed by atoms with Crippen LogP contribution in [0.3, 0.4) is 0 Å². The predicted molar refractivity (Wildman–Crippen MR) is 62.5 cm³/mol. The van der Waals surface area contributed by atoms with Gasteiger partial charge in [-0.2, -0.15) is 0 Å². The van der Waals surface area contributed by atoms with Crippen molar-refractivity contribution in [2.75, 3.05) is 26.4 Å². The maximum Gasteiger partial charge on any atom is 0.261 e. The van der Waals surface area contributed by atoms with Gasteiger partial charge in [0.05, 0.1) is 12.2 Å². The van der Waals surface area contributed by atoms with E-state index in [9.17, 15) is 8.78 Å².